The first-order valence-corrected chi connectivity index (χ1v) is 13.5. The van der Waals surface area contributed by atoms with E-state index >= 15 is 0 Å². The minimum absolute atomic E-state index is 0.0706. The molecule has 3 aromatic rings. The highest BCUT2D eigenvalue weighted by atomic mass is 32.2. The number of carbonyl (C=O) groups is 1. The fourth-order valence-corrected chi connectivity index (χ4v) is 6.20. The molecule has 0 aliphatic carbocycles. The van der Waals surface area contributed by atoms with E-state index in [0.717, 1.165) is 35.2 Å². The zero-order valence-corrected chi connectivity index (χ0v) is 20.4. The summed E-state index contributed by atoms with van der Waals surface area (Å²) in [6.45, 7) is 3.16. The average molecular weight is 481 g/mol. The molecule has 7 nitrogen and oxygen atoms in total. The number of aromatic nitrogens is 2. The van der Waals surface area contributed by atoms with Crippen LogP contribution in [0.3, 0.4) is 0 Å². The monoisotopic (exact) mass is 480 g/mol. The third-order valence-corrected chi connectivity index (χ3v) is 8.18. The van der Waals surface area contributed by atoms with Gasteiger partial charge in [0, 0.05) is 30.4 Å². The van der Waals surface area contributed by atoms with Gasteiger partial charge in [0.15, 0.2) is 0 Å². The van der Waals surface area contributed by atoms with Crippen molar-refractivity contribution in [2.45, 2.75) is 51.7 Å². The number of benzene rings is 2. The molecule has 4 rings (SSSR count). The van der Waals surface area contributed by atoms with Gasteiger partial charge in [0.2, 0.25) is 15.9 Å². The van der Waals surface area contributed by atoms with Crippen molar-refractivity contribution in [3.8, 4) is 11.3 Å². The Kier molecular flexibility index (Phi) is 7.80. The molecule has 1 atom stereocenters. The quantitative estimate of drug-likeness (QED) is 0.505. The Labute approximate surface area is 201 Å². The summed E-state index contributed by atoms with van der Waals surface area (Å²) in [6, 6.07) is 19.3. The number of hydrogen-bond donors (Lipinski definition) is 1. The van der Waals surface area contributed by atoms with Crippen LogP contribution in [-0.2, 0) is 27.9 Å². The van der Waals surface area contributed by atoms with Crippen LogP contribution < -0.4 is 5.32 Å². The molecule has 0 spiro atoms. The lowest BCUT2D eigenvalue weighted by atomic mass is 10.0. The first-order valence-electron chi connectivity index (χ1n) is 11.9. The lowest BCUT2D eigenvalue weighted by Crippen LogP contribution is -2.52. The number of sulfonamides is 1. The third kappa shape index (κ3) is 5.74. The molecule has 1 aromatic heterocycles. The summed E-state index contributed by atoms with van der Waals surface area (Å²) < 4.78 is 28.7. The molecule has 0 bridgehead atoms. The van der Waals surface area contributed by atoms with Gasteiger partial charge < -0.3 is 5.32 Å². The van der Waals surface area contributed by atoms with Gasteiger partial charge in [-0.15, -0.1) is 0 Å². The second-order valence-electron chi connectivity index (χ2n) is 8.71. The molecule has 0 saturated carbocycles. The number of hydrogen-bond acceptors (Lipinski definition) is 4. The van der Waals surface area contributed by atoms with Crippen molar-refractivity contribution in [2.75, 3.05) is 12.3 Å². The van der Waals surface area contributed by atoms with Crippen molar-refractivity contribution in [3.05, 3.63) is 78.0 Å². The van der Waals surface area contributed by atoms with E-state index in [1.54, 1.807) is 0 Å². The van der Waals surface area contributed by atoms with Gasteiger partial charge in [-0.05, 0) is 24.8 Å². The maximum absolute atomic E-state index is 13.1. The highest BCUT2D eigenvalue weighted by Crippen LogP contribution is 2.24. The van der Waals surface area contributed by atoms with Gasteiger partial charge in [0.1, 0.15) is 6.04 Å². The Balaban J connectivity index is 1.53. The van der Waals surface area contributed by atoms with Crippen LogP contribution >= 0.6 is 0 Å². The van der Waals surface area contributed by atoms with Crippen LogP contribution in [0.4, 0.5) is 0 Å². The first-order chi connectivity index (χ1) is 16.5. The van der Waals surface area contributed by atoms with Gasteiger partial charge in [0.05, 0.1) is 18.0 Å². The maximum atomic E-state index is 13.1. The van der Waals surface area contributed by atoms with E-state index in [1.165, 1.54) is 4.31 Å². The van der Waals surface area contributed by atoms with Crippen LogP contribution in [0.5, 0.6) is 0 Å². The van der Waals surface area contributed by atoms with Crippen LogP contribution in [0.2, 0.25) is 0 Å². The van der Waals surface area contributed by atoms with E-state index in [4.69, 9.17) is 5.10 Å². The van der Waals surface area contributed by atoms with Crippen LogP contribution in [0.1, 0.15) is 43.7 Å². The van der Waals surface area contributed by atoms with Gasteiger partial charge in [-0.25, -0.2) is 8.42 Å². The van der Waals surface area contributed by atoms with Crippen molar-refractivity contribution >= 4 is 15.9 Å². The molecule has 1 unspecified atom stereocenters. The summed E-state index contributed by atoms with van der Waals surface area (Å²) in [7, 11) is -3.44. The van der Waals surface area contributed by atoms with Crippen molar-refractivity contribution in [1.82, 2.24) is 19.4 Å². The van der Waals surface area contributed by atoms with E-state index < -0.39 is 16.1 Å². The molecule has 1 amide bonds. The summed E-state index contributed by atoms with van der Waals surface area (Å²) in [5.74, 6) is -0.171. The summed E-state index contributed by atoms with van der Waals surface area (Å²) in [6.07, 6.45) is 4.68. The van der Waals surface area contributed by atoms with Gasteiger partial charge >= 0.3 is 0 Å². The molecule has 1 aliphatic heterocycles. The van der Waals surface area contributed by atoms with Gasteiger partial charge in [-0.1, -0.05) is 74.0 Å². The van der Waals surface area contributed by atoms with E-state index in [-0.39, 0.29) is 18.2 Å². The highest BCUT2D eigenvalue weighted by molar-refractivity contribution is 7.89. The van der Waals surface area contributed by atoms with E-state index in [2.05, 4.69) is 17.4 Å². The number of piperidine rings is 1. The van der Waals surface area contributed by atoms with Gasteiger partial charge in [-0.3, -0.25) is 9.48 Å². The topological polar surface area (TPSA) is 84.3 Å². The summed E-state index contributed by atoms with van der Waals surface area (Å²) in [4.78, 5) is 13.1. The second-order valence-corrected chi connectivity index (χ2v) is 10.7. The van der Waals surface area contributed by atoms with E-state index in [0.29, 0.717) is 25.9 Å². The van der Waals surface area contributed by atoms with Crippen molar-refractivity contribution < 1.29 is 13.2 Å². The largest absolute Gasteiger partial charge is 0.350 e. The standard InChI is InChI=1S/C26H32N4O3S/c1-2-17-34(32,33)30-16-10-9-15-24(30)26(31)27-18-23-20-29(19-21-11-5-3-6-12-21)28-25(23)22-13-7-4-8-14-22/h3-8,11-14,20,24H,2,9-10,15-19H2,1H3,(H,27,31). The average Bonchev–Trinajstić information content (AvgIpc) is 3.26. The third-order valence-electron chi connectivity index (χ3n) is 6.10. The Morgan fingerprint density at radius 3 is 2.47 bits per heavy atom. The van der Waals surface area contributed by atoms with Crippen molar-refractivity contribution in [2.24, 2.45) is 0 Å². The molecule has 2 heterocycles. The van der Waals surface area contributed by atoms with E-state index in [9.17, 15) is 13.2 Å². The molecule has 1 saturated heterocycles. The lowest BCUT2D eigenvalue weighted by Gasteiger charge is -2.33. The molecular weight excluding hydrogens is 448 g/mol. The number of rotatable bonds is 9. The highest BCUT2D eigenvalue weighted by Gasteiger charge is 2.36. The number of amides is 1. The second kappa shape index (κ2) is 11.0. The maximum Gasteiger partial charge on any atom is 0.238 e. The normalized spacial score (nSPS) is 16.9. The van der Waals surface area contributed by atoms with Crippen molar-refractivity contribution in [3.63, 3.8) is 0 Å². The van der Waals surface area contributed by atoms with Crippen LogP contribution in [0, 0.1) is 0 Å². The molecule has 8 heteroatoms. The lowest BCUT2D eigenvalue weighted by molar-refractivity contribution is -0.125. The molecule has 1 N–H and O–H groups in total. The summed E-state index contributed by atoms with van der Waals surface area (Å²) in [5, 5.41) is 7.81. The van der Waals surface area contributed by atoms with E-state index in [1.807, 2.05) is 66.3 Å². The summed E-state index contributed by atoms with van der Waals surface area (Å²) >= 11 is 0. The van der Waals surface area contributed by atoms with Crippen LogP contribution in [0.15, 0.2) is 66.9 Å². The smallest absolute Gasteiger partial charge is 0.238 e. The Bertz CT molecular complexity index is 1190. The molecular formula is C26H32N4O3S. The molecule has 0 radical (unpaired) electrons. The Hall–Kier alpha value is -2.97. The number of nitrogens with zero attached hydrogens (tertiary/aromatic N) is 3. The summed E-state index contributed by atoms with van der Waals surface area (Å²) in [5.41, 5.74) is 3.83. The minimum Gasteiger partial charge on any atom is -0.350 e. The Morgan fingerprint density at radius 1 is 1.06 bits per heavy atom. The molecule has 1 fully saturated rings. The predicted octanol–water partition coefficient (Wildman–Crippen LogP) is 3.81. The first kappa shape index (κ1) is 24.2. The zero-order valence-electron chi connectivity index (χ0n) is 19.6. The van der Waals surface area contributed by atoms with Gasteiger partial charge in [-0.2, -0.15) is 9.40 Å². The zero-order chi connectivity index (χ0) is 24.0. The number of carbonyl (C=O) groups excluding carboxylic acids is 1. The molecule has 180 valence electrons. The SMILES string of the molecule is CCCS(=O)(=O)N1CCCCC1C(=O)NCc1cn(Cc2ccccc2)nc1-c1ccccc1. The van der Waals surface area contributed by atoms with Crippen LogP contribution in [0.25, 0.3) is 11.3 Å². The molecule has 1 aliphatic rings. The fraction of sp³-hybridized carbons (Fsp3) is 0.385. The fourth-order valence-electron chi connectivity index (χ4n) is 4.46. The van der Waals surface area contributed by atoms with Crippen LogP contribution in [-0.4, -0.2) is 46.8 Å². The molecule has 2 aromatic carbocycles. The predicted molar refractivity (Wildman–Crippen MR) is 133 cm³/mol. The van der Waals surface area contributed by atoms with Gasteiger partial charge in [0.25, 0.3) is 0 Å². The number of nitrogens with one attached hydrogen (secondary N) is 1. The Morgan fingerprint density at radius 2 is 1.76 bits per heavy atom. The van der Waals surface area contributed by atoms with Crippen molar-refractivity contribution in [1.29, 1.82) is 0 Å². The molecule has 34 heavy (non-hydrogen) atoms. The minimum atomic E-state index is -3.44.